The van der Waals surface area contributed by atoms with Crippen LogP contribution in [0.2, 0.25) is 5.02 Å². The molecule has 1 aromatic heterocycles. The number of pyridine rings is 1. The Morgan fingerprint density at radius 3 is 2.89 bits per heavy atom. The van der Waals surface area contributed by atoms with Crippen molar-refractivity contribution in [2.24, 2.45) is 4.99 Å². The number of benzene rings is 1. The molecule has 1 atom stereocenters. The van der Waals surface area contributed by atoms with Gasteiger partial charge in [0.2, 0.25) is 5.88 Å². The number of aromatic nitrogens is 1. The number of methoxy groups -OCH3 is 2. The first-order valence-corrected chi connectivity index (χ1v) is 9.55. The second-order valence-corrected chi connectivity index (χ2v) is 6.96. The number of nitrogens with one attached hydrogen (secondary N) is 2. The highest BCUT2D eigenvalue weighted by atomic mass is 35.5. The Labute approximate surface area is 170 Å². The van der Waals surface area contributed by atoms with Gasteiger partial charge >= 0.3 is 0 Å². The average Bonchev–Trinajstić information content (AvgIpc) is 3.19. The highest BCUT2D eigenvalue weighted by molar-refractivity contribution is 6.30. The van der Waals surface area contributed by atoms with Crippen LogP contribution in [0.3, 0.4) is 0 Å². The van der Waals surface area contributed by atoms with Crippen molar-refractivity contribution in [1.82, 2.24) is 15.6 Å². The number of guanidine groups is 1. The van der Waals surface area contributed by atoms with Crippen molar-refractivity contribution >= 4 is 23.2 Å². The van der Waals surface area contributed by atoms with Gasteiger partial charge in [-0.15, -0.1) is 0 Å². The number of rotatable bonds is 6. The van der Waals surface area contributed by atoms with Gasteiger partial charge in [0, 0.05) is 50.0 Å². The Balaban J connectivity index is 1.57. The van der Waals surface area contributed by atoms with Crippen molar-refractivity contribution in [3.63, 3.8) is 0 Å². The molecule has 2 heterocycles. The lowest BCUT2D eigenvalue weighted by Crippen LogP contribution is -2.44. The molecule has 0 amide bonds. The lowest BCUT2D eigenvalue weighted by molar-refractivity contribution is 0.397. The van der Waals surface area contributed by atoms with Crippen LogP contribution in [0.1, 0.15) is 12.0 Å². The van der Waals surface area contributed by atoms with Gasteiger partial charge in [-0.05, 0) is 36.2 Å². The van der Waals surface area contributed by atoms with Crippen LogP contribution >= 0.6 is 11.6 Å². The fraction of sp³-hybridized carbons (Fsp3) is 0.400. The summed E-state index contributed by atoms with van der Waals surface area (Å²) in [5.41, 5.74) is 2.10. The van der Waals surface area contributed by atoms with Gasteiger partial charge in [0.15, 0.2) is 5.96 Å². The van der Waals surface area contributed by atoms with Gasteiger partial charge in [-0.25, -0.2) is 4.98 Å². The number of hydrogen-bond donors (Lipinski definition) is 2. The van der Waals surface area contributed by atoms with Crippen molar-refractivity contribution in [3.8, 4) is 11.6 Å². The summed E-state index contributed by atoms with van der Waals surface area (Å²) in [6.07, 6.45) is 2.73. The molecular weight excluding hydrogens is 378 g/mol. The maximum absolute atomic E-state index is 6.18. The summed E-state index contributed by atoms with van der Waals surface area (Å²) >= 11 is 6.18. The van der Waals surface area contributed by atoms with Crippen molar-refractivity contribution in [3.05, 3.63) is 47.1 Å². The standard InChI is InChI=1S/C20H26ClN5O2/c1-22-20(24-12-14-6-8-23-19(10-14)28-3)25-16-7-9-26(13-16)17-11-15(21)4-5-18(17)27-2/h4-6,8,10-11,16H,7,9,12-13H2,1-3H3,(H2,22,24,25). The Morgan fingerprint density at radius 1 is 1.29 bits per heavy atom. The summed E-state index contributed by atoms with van der Waals surface area (Å²) in [6, 6.07) is 9.83. The van der Waals surface area contributed by atoms with Crippen LogP contribution in [0.25, 0.3) is 0 Å². The summed E-state index contributed by atoms with van der Waals surface area (Å²) in [5, 5.41) is 7.54. The average molecular weight is 404 g/mol. The Kier molecular flexibility index (Phi) is 6.81. The second kappa shape index (κ2) is 9.50. The van der Waals surface area contributed by atoms with E-state index in [4.69, 9.17) is 21.1 Å². The third-order valence-electron chi connectivity index (χ3n) is 4.70. The summed E-state index contributed by atoms with van der Waals surface area (Å²) in [5.74, 6) is 2.20. The molecule has 7 nitrogen and oxygen atoms in total. The van der Waals surface area contributed by atoms with Gasteiger partial charge < -0.3 is 25.0 Å². The molecule has 0 radical (unpaired) electrons. The fourth-order valence-electron chi connectivity index (χ4n) is 3.25. The fourth-order valence-corrected chi connectivity index (χ4v) is 3.42. The minimum absolute atomic E-state index is 0.280. The van der Waals surface area contributed by atoms with E-state index >= 15 is 0 Å². The van der Waals surface area contributed by atoms with E-state index in [2.05, 4.69) is 25.5 Å². The number of ether oxygens (including phenoxy) is 2. The SMILES string of the molecule is CN=C(NCc1ccnc(OC)c1)NC1CCN(c2cc(Cl)ccc2OC)C1. The number of nitrogens with zero attached hydrogens (tertiary/aromatic N) is 3. The molecular formula is C20H26ClN5O2. The van der Waals surface area contributed by atoms with E-state index in [1.807, 2.05) is 30.3 Å². The molecule has 1 unspecified atom stereocenters. The third kappa shape index (κ3) is 4.98. The number of halogens is 1. The zero-order valence-corrected chi connectivity index (χ0v) is 17.2. The molecule has 0 saturated carbocycles. The molecule has 0 aliphatic carbocycles. The van der Waals surface area contributed by atoms with Gasteiger partial charge in [0.25, 0.3) is 0 Å². The highest BCUT2D eigenvalue weighted by Crippen LogP contribution is 2.33. The van der Waals surface area contributed by atoms with Crippen LogP contribution in [0.4, 0.5) is 5.69 Å². The maximum atomic E-state index is 6.18. The molecule has 0 spiro atoms. The van der Waals surface area contributed by atoms with Gasteiger partial charge in [0.05, 0.1) is 19.9 Å². The van der Waals surface area contributed by atoms with E-state index in [1.165, 1.54) is 0 Å². The lowest BCUT2D eigenvalue weighted by Gasteiger charge is -2.22. The van der Waals surface area contributed by atoms with E-state index in [1.54, 1.807) is 27.5 Å². The largest absolute Gasteiger partial charge is 0.495 e. The Bertz CT molecular complexity index is 830. The third-order valence-corrected chi connectivity index (χ3v) is 4.94. The zero-order chi connectivity index (χ0) is 19.9. The molecule has 1 fully saturated rings. The molecule has 28 heavy (non-hydrogen) atoms. The van der Waals surface area contributed by atoms with Crippen molar-refractivity contribution < 1.29 is 9.47 Å². The molecule has 8 heteroatoms. The number of anilines is 1. The summed E-state index contributed by atoms with van der Waals surface area (Å²) in [4.78, 5) is 10.7. The molecule has 1 aliphatic rings. The molecule has 1 aliphatic heterocycles. The van der Waals surface area contributed by atoms with Crippen LogP contribution in [-0.4, -0.2) is 51.3 Å². The van der Waals surface area contributed by atoms with E-state index in [0.29, 0.717) is 17.4 Å². The van der Waals surface area contributed by atoms with Crippen LogP contribution < -0.4 is 25.0 Å². The summed E-state index contributed by atoms with van der Waals surface area (Å²) in [6.45, 7) is 2.41. The second-order valence-electron chi connectivity index (χ2n) is 6.52. The predicted octanol–water partition coefficient (Wildman–Crippen LogP) is 2.70. The van der Waals surface area contributed by atoms with Crippen molar-refractivity contribution in [1.29, 1.82) is 0 Å². The summed E-state index contributed by atoms with van der Waals surface area (Å²) < 4.78 is 10.7. The van der Waals surface area contributed by atoms with Gasteiger partial charge in [-0.3, -0.25) is 4.99 Å². The van der Waals surface area contributed by atoms with Crippen LogP contribution in [0.15, 0.2) is 41.5 Å². The molecule has 2 N–H and O–H groups in total. The van der Waals surface area contributed by atoms with Gasteiger partial charge in [-0.2, -0.15) is 0 Å². The Morgan fingerprint density at radius 2 is 2.14 bits per heavy atom. The number of hydrogen-bond acceptors (Lipinski definition) is 5. The molecule has 1 saturated heterocycles. The first-order chi connectivity index (χ1) is 13.6. The predicted molar refractivity (Wildman–Crippen MR) is 113 cm³/mol. The van der Waals surface area contributed by atoms with E-state index in [-0.39, 0.29) is 6.04 Å². The first kappa shape index (κ1) is 20.1. The lowest BCUT2D eigenvalue weighted by atomic mass is 10.2. The van der Waals surface area contributed by atoms with E-state index in [9.17, 15) is 0 Å². The first-order valence-electron chi connectivity index (χ1n) is 9.17. The van der Waals surface area contributed by atoms with E-state index < -0.39 is 0 Å². The minimum Gasteiger partial charge on any atom is -0.495 e. The van der Waals surface area contributed by atoms with Crippen molar-refractivity contribution in [2.75, 3.05) is 39.3 Å². The summed E-state index contributed by atoms with van der Waals surface area (Å²) in [7, 11) is 5.06. The highest BCUT2D eigenvalue weighted by Gasteiger charge is 2.25. The Hall–Kier alpha value is -2.67. The number of aliphatic imine (C=N–C) groups is 1. The van der Waals surface area contributed by atoms with Crippen LogP contribution in [0, 0.1) is 0 Å². The molecule has 1 aromatic carbocycles. The van der Waals surface area contributed by atoms with Crippen LogP contribution in [0.5, 0.6) is 11.6 Å². The van der Waals surface area contributed by atoms with Crippen LogP contribution in [-0.2, 0) is 6.54 Å². The molecule has 2 aromatic rings. The monoisotopic (exact) mass is 403 g/mol. The normalized spacial score (nSPS) is 16.8. The van der Waals surface area contributed by atoms with Gasteiger partial charge in [0.1, 0.15) is 5.75 Å². The smallest absolute Gasteiger partial charge is 0.213 e. The van der Waals surface area contributed by atoms with Gasteiger partial charge in [-0.1, -0.05) is 11.6 Å². The zero-order valence-electron chi connectivity index (χ0n) is 16.4. The minimum atomic E-state index is 0.280. The maximum Gasteiger partial charge on any atom is 0.213 e. The molecule has 3 rings (SSSR count). The molecule has 150 valence electrons. The van der Waals surface area contributed by atoms with Crippen molar-refractivity contribution in [2.45, 2.75) is 19.0 Å². The topological polar surface area (TPSA) is 71.0 Å². The quantitative estimate of drug-likeness (QED) is 0.570. The molecule has 0 bridgehead atoms. The van der Waals surface area contributed by atoms with E-state index in [0.717, 1.165) is 42.5 Å².